The van der Waals surface area contributed by atoms with Crippen LogP contribution in [0.1, 0.15) is 4.88 Å². The van der Waals surface area contributed by atoms with Crippen molar-refractivity contribution in [1.29, 1.82) is 0 Å². The molecule has 0 saturated carbocycles. The summed E-state index contributed by atoms with van der Waals surface area (Å²) in [6, 6.07) is 6.06. The summed E-state index contributed by atoms with van der Waals surface area (Å²) in [7, 11) is 0. The van der Waals surface area contributed by atoms with Crippen molar-refractivity contribution in [2.24, 2.45) is 0 Å². The fraction of sp³-hybridized carbons (Fsp3) is 0.231. The number of aliphatic hydroxyl groups is 1. The van der Waals surface area contributed by atoms with Crippen LogP contribution in [0.2, 0.25) is 0 Å². The SMILES string of the molecule is Cc1sc(NC(=O)CO)nc1-c1ccc(OC(F)F)cc1. The van der Waals surface area contributed by atoms with Crippen LogP contribution in [0.3, 0.4) is 0 Å². The second kappa shape index (κ2) is 6.59. The van der Waals surface area contributed by atoms with E-state index in [2.05, 4.69) is 15.0 Å². The van der Waals surface area contributed by atoms with E-state index in [0.29, 0.717) is 10.8 Å². The maximum atomic E-state index is 12.1. The molecule has 5 nitrogen and oxygen atoms in total. The van der Waals surface area contributed by atoms with Crippen molar-refractivity contribution in [3.63, 3.8) is 0 Å². The molecule has 0 saturated heterocycles. The highest BCUT2D eigenvalue weighted by molar-refractivity contribution is 7.16. The molecule has 2 aromatic rings. The van der Waals surface area contributed by atoms with Crippen molar-refractivity contribution in [2.75, 3.05) is 11.9 Å². The number of hydrogen-bond donors (Lipinski definition) is 2. The van der Waals surface area contributed by atoms with Crippen molar-refractivity contribution < 1.29 is 23.4 Å². The Kier molecular flexibility index (Phi) is 4.81. The van der Waals surface area contributed by atoms with Gasteiger partial charge in [0, 0.05) is 10.4 Å². The number of benzene rings is 1. The zero-order chi connectivity index (χ0) is 15.4. The smallest absolute Gasteiger partial charge is 0.387 e. The highest BCUT2D eigenvalue weighted by atomic mass is 32.1. The molecular weight excluding hydrogens is 302 g/mol. The summed E-state index contributed by atoms with van der Waals surface area (Å²) in [5.41, 5.74) is 1.35. The molecule has 1 heterocycles. The lowest BCUT2D eigenvalue weighted by Gasteiger charge is -2.05. The fourth-order valence-electron chi connectivity index (χ4n) is 1.67. The predicted octanol–water partition coefficient (Wildman–Crippen LogP) is 2.65. The maximum Gasteiger partial charge on any atom is 0.387 e. The summed E-state index contributed by atoms with van der Waals surface area (Å²) < 4.78 is 28.4. The van der Waals surface area contributed by atoms with E-state index < -0.39 is 19.1 Å². The van der Waals surface area contributed by atoms with Gasteiger partial charge in [-0.3, -0.25) is 10.1 Å². The number of anilines is 1. The fourth-order valence-corrected chi connectivity index (χ4v) is 2.52. The molecule has 1 amide bonds. The van der Waals surface area contributed by atoms with Crippen LogP contribution in [0.15, 0.2) is 24.3 Å². The van der Waals surface area contributed by atoms with Gasteiger partial charge >= 0.3 is 6.61 Å². The lowest BCUT2D eigenvalue weighted by atomic mass is 10.1. The Hall–Kier alpha value is -2.06. The number of ether oxygens (including phenoxy) is 1. The van der Waals surface area contributed by atoms with E-state index in [9.17, 15) is 13.6 Å². The average Bonchev–Trinajstić information content (AvgIpc) is 2.79. The Morgan fingerprint density at radius 2 is 2.10 bits per heavy atom. The van der Waals surface area contributed by atoms with Crippen molar-refractivity contribution in [3.05, 3.63) is 29.1 Å². The molecule has 0 radical (unpaired) electrons. The molecule has 0 unspecified atom stereocenters. The van der Waals surface area contributed by atoms with Crippen molar-refractivity contribution in [3.8, 4) is 17.0 Å². The number of hydrogen-bond acceptors (Lipinski definition) is 5. The highest BCUT2D eigenvalue weighted by Crippen LogP contribution is 2.31. The number of alkyl halides is 2. The zero-order valence-corrected chi connectivity index (χ0v) is 11.8. The van der Waals surface area contributed by atoms with Gasteiger partial charge in [-0.15, -0.1) is 11.3 Å². The molecule has 0 fully saturated rings. The molecule has 0 atom stereocenters. The van der Waals surface area contributed by atoms with Gasteiger partial charge in [0.25, 0.3) is 5.91 Å². The molecular formula is C13H12F2N2O3S. The molecule has 0 aliphatic carbocycles. The molecule has 1 aromatic heterocycles. The predicted molar refractivity (Wildman–Crippen MR) is 74.6 cm³/mol. The van der Waals surface area contributed by atoms with Gasteiger partial charge in [0.2, 0.25) is 0 Å². The molecule has 0 bridgehead atoms. The van der Waals surface area contributed by atoms with Gasteiger partial charge in [-0.2, -0.15) is 8.78 Å². The van der Waals surface area contributed by atoms with Gasteiger partial charge in [-0.1, -0.05) is 0 Å². The monoisotopic (exact) mass is 314 g/mol. The minimum absolute atomic E-state index is 0.0652. The molecule has 0 aliphatic heterocycles. The first-order chi connectivity index (χ1) is 9.99. The summed E-state index contributed by atoms with van der Waals surface area (Å²) in [4.78, 5) is 16.2. The lowest BCUT2D eigenvalue weighted by Crippen LogP contribution is -2.15. The molecule has 2 rings (SSSR count). The number of nitrogens with zero attached hydrogens (tertiary/aromatic N) is 1. The van der Waals surface area contributed by atoms with Crippen LogP contribution in [-0.4, -0.2) is 29.2 Å². The third-order valence-electron chi connectivity index (χ3n) is 2.54. The summed E-state index contributed by atoms with van der Waals surface area (Å²) in [5.74, 6) is -0.480. The summed E-state index contributed by atoms with van der Waals surface area (Å²) in [5, 5.41) is 11.5. The Bertz CT molecular complexity index is 629. The van der Waals surface area contributed by atoms with Gasteiger partial charge in [-0.05, 0) is 31.2 Å². The molecule has 21 heavy (non-hydrogen) atoms. The largest absolute Gasteiger partial charge is 0.435 e. The minimum Gasteiger partial charge on any atom is -0.435 e. The topological polar surface area (TPSA) is 71.5 Å². The average molecular weight is 314 g/mol. The van der Waals surface area contributed by atoms with Crippen LogP contribution in [0.25, 0.3) is 11.3 Å². The van der Waals surface area contributed by atoms with Crippen molar-refractivity contribution in [1.82, 2.24) is 4.98 Å². The zero-order valence-electron chi connectivity index (χ0n) is 11.0. The number of halogens is 2. The molecule has 2 N–H and O–H groups in total. The van der Waals surface area contributed by atoms with Crippen LogP contribution in [-0.2, 0) is 4.79 Å². The number of carbonyl (C=O) groups is 1. The standard InChI is InChI=1S/C13H12F2N2O3S/c1-7-11(17-13(21-7)16-10(19)6-18)8-2-4-9(5-3-8)20-12(14)15/h2-5,12,18H,6H2,1H3,(H,16,17,19). The minimum atomic E-state index is -2.86. The van der Waals surface area contributed by atoms with Crippen LogP contribution in [0.4, 0.5) is 13.9 Å². The number of amides is 1. The third kappa shape index (κ3) is 3.96. The van der Waals surface area contributed by atoms with E-state index in [0.717, 1.165) is 10.4 Å². The van der Waals surface area contributed by atoms with Gasteiger partial charge in [0.15, 0.2) is 5.13 Å². The second-order valence-corrected chi connectivity index (χ2v) is 5.24. The maximum absolute atomic E-state index is 12.1. The van der Waals surface area contributed by atoms with E-state index >= 15 is 0 Å². The van der Waals surface area contributed by atoms with Crippen molar-refractivity contribution >= 4 is 22.4 Å². The Morgan fingerprint density at radius 3 is 2.67 bits per heavy atom. The normalized spacial score (nSPS) is 10.7. The Labute approximate surface area is 123 Å². The first-order valence-corrected chi connectivity index (χ1v) is 6.74. The van der Waals surface area contributed by atoms with E-state index in [4.69, 9.17) is 5.11 Å². The summed E-state index contributed by atoms with van der Waals surface area (Å²) in [6.07, 6.45) is 0. The van der Waals surface area contributed by atoms with E-state index in [1.807, 2.05) is 6.92 Å². The summed E-state index contributed by atoms with van der Waals surface area (Å²) in [6.45, 7) is -1.66. The Balaban J connectivity index is 2.19. The van der Waals surface area contributed by atoms with E-state index in [1.165, 1.54) is 23.5 Å². The number of thiazole rings is 1. The molecule has 8 heteroatoms. The quantitative estimate of drug-likeness (QED) is 0.890. The van der Waals surface area contributed by atoms with Gasteiger partial charge in [0.1, 0.15) is 12.4 Å². The number of carbonyl (C=O) groups excluding carboxylic acids is 1. The highest BCUT2D eigenvalue weighted by Gasteiger charge is 2.12. The lowest BCUT2D eigenvalue weighted by molar-refractivity contribution is -0.118. The van der Waals surface area contributed by atoms with Gasteiger partial charge in [-0.25, -0.2) is 4.98 Å². The number of aryl methyl sites for hydroxylation is 1. The van der Waals surface area contributed by atoms with E-state index in [1.54, 1.807) is 12.1 Å². The molecule has 0 aliphatic rings. The van der Waals surface area contributed by atoms with E-state index in [-0.39, 0.29) is 5.75 Å². The second-order valence-electron chi connectivity index (χ2n) is 4.03. The molecule has 0 spiro atoms. The van der Waals surface area contributed by atoms with Gasteiger partial charge < -0.3 is 9.84 Å². The number of rotatable bonds is 5. The van der Waals surface area contributed by atoms with Crippen molar-refractivity contribution in [2.45, 2.75) is 13.5 Å². The first kappa shape index (κ1) is 15.3. The van der Waals surface area contributed by atoms with Crippen LogP contribution in [0, 0.1) is 6.92 Å². The Morgan fingerprint density at radius 1 is 1.43 bits per heavy atom. The molecule has 1 aromatic carbocycles. The van der Waals surface area contributed by atoms with Crippen LogP contribution >= 0.6 is 11.3 Å². The van der Waals surface area contributed by atoms with Crippen LogP contribution in [0.5, 0.6) is 5.75 Å². The third-order valence-corrected chi connectivity index (χ3v) is 3.43. The summed E-state index contributed by atoms with van der Waals surface area (Å²) >= 11 is 1.26. The van der Waals surface area contributed by atoms with Gasteiger partial charge in [0.05, 0.1) is 5.69 Å². The number of nitrogens with one attached hydrogen (secondary N) is 1. The van der Waals surface area contributed by atoms with Crippen LogP contribution < -0.4 is 10.1 Å². The number of aromatic nitrogens is 1. The first-order valence-electron chi connectivity index (χ1n) is 5.93. The molecule has 112 valence electrons. The number of aliphatic hydroxyl groups excluding tert-OH is 1.